The standard InChI is InChI=1S/C18H27N3O4S/c1-5-25-10-6-9-19-18(22)15-7-8-16-17(11-15)26(23,24)20-14(4)21(16)12-13(2)3/h7-8,11,13H,5-6,9-10,12H2,1-4H3,(H,19,22). The first-order chi connectivity index (χ1) is 12.3. The molecular weight excluding hydrogens is 354 g/mol. The molecule has 0 saturated carbocycles. The number of carbonyl (C=O) groups excluding carboxylic acids is 1. The lowest BCUT2D eigenvalue weighted by molar-refractivity contribution is 0.0944. The monoisotopic (exact) mass is 381 g/mol. The Morgan fingerprint density at radius 2 is 2.08 bits per heavy atom. The van der Waals surface area contributed by atoms with E-state index < -0.39 is 10.0 Å². The second-order valence-corrected chi connectivity index (χ2v) is 8.18. The molecule has 144 valence electrons. The second kappa shape index (κ2) is 8.64. The molecule has 0 aromatic heterocycles. The number of fused-ring (bicyclic) bond motifs is 1. The Balaban J connectivity index is 2.22. The number of hydrogen-bond acceptors (Lipinski definition) is 5. The summed E-state index contributed by atoms with van der Waals surface area (Å²) in [6, 6.07) is 4.74. The smallest absolute Gasteiger partial charge is 0.286 e. The van der Waals surface area contributed by atoms with Gasteiger partial charge in [-0.15, -0.1) is 4.40 Å². The Hall–Kier alpha value is -1.93. The van der Waals surface area contributed by atoms with Gasteiger partial charge >= 0.3 is 0 Å². The molecule has 0 fully saturated rings. The summed E-state index contributed by atoms with van der Waals surface area (Å²) in [5.41, 5.74) is 0.877. The number of sulfonamides is 1. The highest BCUT2D eigenvalue weighted by atomic mass is 32.2. The van der Waals surface area contributed by atoms with E-state index in [-0.39, 0.29) is 10.8 Å². The third kappa shape index (κ3) is 4.82. The quantitative estimate of drug-likeness (QED) is 0.699. The molecule has 1 aliphatic rings. The van der Waals surface area contributed by atoms with Crippen LogP contribution in [0.3, 0.4) is 0 Å². The third-order valence-electron chi connectivity index (χ3n) is 3.94. The van der Waals surface area contributed by atoms with Gasteiger partial charge in [0.05, 0.1) is 5.69 Å². The van der Waals surface area contributed by atoms with Gasteiger partial charge in [0.2, 0.25) is 0 Å². The number of benzene rings is 1. The molecule has 0 spiro atoms. The van der Waals surface area contributed by atoms with Crippen LogP contribution in [0.25, 0.3) is 0 Å². The number of nitrogens with one attached hydrogen (secondary N) is 1. The fourth-order valence-electron chi connectivity index (χ4n) is 2.75. The van der Waals surface area contributed by atoms with Crippen molar-refractivity contribution in [3.63, 3.8) is 0 Å². The average Bonchev–Trinajstić information content (AvgIpc) is 2.57. The summed E-state index contributed by atoms with van der Waals surface area (Å²) in [5.74, 6) is 0.475. The lowest BCUT2D eigenvalue weighted by atomic mass is 10.1. The van der Waals surface area contributed by atoms with Gasteiger partial charge in [-0.1, -0.05) is 13.8 Å². The van der Waals surface area contributed by atoms with Crippen molar-refractivity contribution >= 4 is 27.5 Å². The number of nitrogens with zero attached hydrogens (tertiary/aromatic N) is 2. The van der Waals surface area contributed by atoms with Crippen LogP contribution >= 0.6 is 0 Å². The Labute approximate surface area is 155 Å². The number of hydrogen-bond donors (Lipinski definition) is 1. The molecule has 0 bridgehead atoms. The van der Waals surface area contributed by atoms with Gasteiger partial charge in [0.1, 0.15) is 10.7 Å². The first-order valence-corrected chi connectivity index (χ1v) is 10.3. The maximum Gasteiger partial charge on any atom is 0.286 e. The third-order valence-corrected chi connectivity index (χ3v) is 5.32. The van der Waals surface area contributed by atoms with E-state index in [0.29, 0.717) is 55.7 Å². The normalized spacial score (nSPS) is 15.6. The Bertz CT molecular complexity index is 788. The molecule has 7 nitrogen and oxygen atoms in total. The van der Waals surface area contributed by atoms with Crippen molar-refractivity contribution in [2.75, 3.05) is 31.2 Å². The number of ether oxygens (including phenoxy) is 1. The van der Waals surface area contributed by atoms with Crippen LogP contribution in [-0.2, 0) is 14.8 Å². The molecule has 0 radical (unpaired) electrons. The van der Waals surface area contributed by atoms with Crippen molar-refractivity contribution in [3.05, 3.63) is 23.8 Å². The maximum absolute atomic E-state index is 12.5. The molecule has 0 unspecified atom stereocenters. The van der Waals surface area contributed by atoms with Gasteiger partial charge in [0.25, 0.3) is 15.9 Å². The highest BCUT2D eigenvalue weighted by molar-refractivity contribution is 7.90. The zero-order valence-corrected chi connectivity index (χ0v) is 16.6. The molecule has 1 aromatic carbocycles. The van der Waals surface area contributed by atoms with Crippen molar-refractivity contribution in [3.8, 4) is 0 Å². The van der Waals surface area contributed by atoms with Crippen LogP contribution in [0.15, 0.2) is 27.5 Å². The van der Waals surface area contributed by atoms with Gasteiger partial charge in [-0.25, -0.2) is 0 Å². The minimum Gasteiger partial charge on any atom is -0.382 e. The summed E-state index contributed by atoms with van der Waals surface area (Å²) in [5, 5.41) is 2.78. The number of carbonyl (C=O) groups is 1. The summed E-state index contributed by atoms with van der Waals surface area (Å²) in [4.78, 5) is 14.3. The predicted molar refractivity (Wildman–Crippen MR) is 102 cm³/mol. The highest BCUT2D eigenvalue weighted by Gasteiger charge is 2.30. The molecule has 2 rings (SSSR count). The van der Waals surface area contributed by atoms with E-state index in [1.54, 1.807) is 19.1 Å². The van der Waals surface area contributed by atoms with Gasteiger partial charge in [-0.3, -0.25) is 4.79 Å². The van der Waals surface area contributed by atoms with Crippen molar-refractivity contribution in [2.45, 2.75) is 39.0 Å². The Morgan fingerprint density at radius 3 is 2.73 bits per heavy atom. The van der Waals surface area contributed by atoms with Crippen LogP contribution in [0.5, 0.6) is 0 Å². The number of rotatable bonds is 8. The van der Waals surface area contributed by atoms with E-state index in [9.17, 15) is 13.2 Å². The molecule has 1 heterocycles. The first-order valence-electron chi connectivity index (χ1n) is 8.85. The van der Waals surface area contributed by atoms with Crippen LogP contribution < -0.4 is 10.2 Å². The summed E-state index contributed by atoms with van der Waals surface area (Å²) in [6.07, 6.45) is 0.703. The van der Waals surface area contributed by atoms with Crippen LogP contribution in [0.1, 0.15) is 44.5 Å². The lowest BCUT2D eigenvalue weighted by Gasteiger charge is -2.30. The van der Waals surface area contributed by atoms with Crippen molar-refractivity contribution in [1.82, 2.24) is 5.32 Å². The lowest BCUT2D eigenvalue weighted by Crippen LogP contribution is -2.37. The van der Waals surface area contributed by atoms with Gasteiger partial charge in [-0.2, -0.15) is 8.42 Å². The molecular formula is C18H27N3O4S. The van der Waals surface area contributed by atoms with Crippen molar-refractivity contribution < 1.29 is 17.9 Å². The van der Waals surface area contributed by atoms with E-state index in [2.05, 4.69) is 23.6 Å². The zero-order valence-electron chi connectivity index (χ0n) is 15.8. The van der Waals surface area contributed by atoms with E-state index in [4.69, 9.17) is 4.74 Å². The van der Waals surface area contributed by atoms with Gasteiger partial charge in [-0.05, 0) is 44.4 Å². The first kappa shape index (κ1) is 20.4. The summed E-state index contributed by atoms with van der Waals surface area (Å²) in [7, 11) is -3.80. The van der Waals surface area contributed by atoms with Crippen LogP contribution in [0.2, 0.25) is 0 Å². The fourth-order valence-corrected chi connectivity index (χ4v) is 4.01. The van der Waals surface area contributed by atoms with Crippen LogP contribution in [-0.4, -0.2) is 46.5 Å². The number of anilines is 1. The molecule has 1 aliphatic heterocycles. The van der Waals surface area contributed by atoms with Gasteiger partial charge in [0.15, 0.2) is 0 Å². The van der Waals surface area contributed by atoms with E-state index in [1.807, 2.05) is 11.8 Å². The number of amides is 1. The summed E-state index contributed by atoms with van der Waals surface area (Å²) >= 11 is 0. The topological polar surface area (TPSA) is 88.1 Å². The second-order valence-electron chi connectivity index (χ2n) is 6.61. The van der Waals surface area contributed by atoms with Crippen molar-refractivity contribution in [1.29, 1.82) is 0 Å². The summed E-state index contributed by atoms with van der Waals surface area (Å²) < 4.78 is 34.0. The Morgan fingerprint density at radius 1 is 1.35 bits per heavy atom. The molecule has 1 aromatic rings. The molecule has 0 atom stereocenters. The Kier molecular flexibility index (Phi) is 6.77. The maximum atomic E-state index is 12.5. The molecule has 26 heavy (non-hydrogen) atoms. The predicted octanol–water partition coefficient (Wildman–Crippen LogP) is 2.43. The van der Waals surface area contributed by atoms with Gasteiger partial charge in [0, 0.05) is 31.9 Å². The van der Waals surface area contributed by atoms with Crippen LogP contribution in [0, 0.1) is 5.92 Å². The minimum absolute atomic E-state index is 0.0747. The molecule has 0 saturated heterocycles. The van der Waals surface area contributed by atoms with Gasteiger partial charge < -0.3 is 15.0 Å². The van der Waals surface area contributed by atoms with E-state index >= 15 is 0 Å². The van der Waals surface area contributed by atoms with E-state index in [1.165, 1.54) is 6.07 Å². The van der Waals surface area contributed by atoms with Crippen LogP contribution in [0.4, 0.5) is 5.69 Å². The SMILES string of the molecule is CCOCCCNC(=O)c1ccc2c(c1)S(=O)(=O)N=C(C)N2CC(C)C. The van der Waals surface area contributed by atoms with Crippen molar-refractivity contribution in [2.24, 2.45) is 10.3 Å². The molecule has 8 heteroatoms. The highest BCUT2D eigenvalue weighted by Crippen LogP contribution is 2.33. The summed E-state index contributed by atoms with van der Waals surface area (Å²) in [6.45, 7) is 10.1. The van der Waals surface area contributed by atoms with E-state index in [0.717, 1.165) is 0 Å². The number of amidine groups is 1. The zero-order chi connectivity index (χ0) is 19.3. The molecule has 1 N–H and O–H groups in total. The molecule has 1 amide bonds. The molecule has 0 aliphatic carbocycles. The minimum atomic E-state index is -3.80. The largest absolute Gasteiger partial charge is 0.382 e. The average molecular weight is 381 g/mol. The fraction of sp³-hybridized carbons (Fsp3) is 0.556.